The lowest BCUT2D eigenvalue weighted by Gasteiger charge is -2.07. The fourth-order valence-electron chi connectivity index (χ4n) is 1.13. The van der Waals surface area contributed by atoms with Crippen LogP contribution in [0.15, 0.2) is 12.1 Å². The van der Waals surface area contributed by atoms with E-state index in [9.17, 15) is 4.79 Å². The number of hydrogen-bond acceptors (Lipinski definition) is 3. The molecule has 0 N–H and O–H groups in total. The van der Waals surface area contributed by atoms with Gasteiger partial charge in [0.2, 0.25) is 0 Å². The lowest BCUT2D eigenvalue weighted by atomic mass is 10.1. The van der Waals surface area contributed by atoms with Crippen LogP contribution in [0.25, 0.3) is 0 Å². The van der Waals surface area contributed by atoms with Crippen molar-refractivity contribution in [3.63, 3.8) is 0 Å². The molecule has 1 aromatic rings. The van der Waals surface area contributed by atoms with Crippen molar-refractivity contribution in [1.29, 1.82) is 0 Å². The molecule has 0 aliphatic rings. The number of carbonyl (C=O) groups excluding carboxylic acids is 1. The van der Waals surface area contributed by atoms with Gasteiger partial charge in [0.15, 0.2) is 5.78 Å². The molecule has 1 radical (unpaired) electrons. The summed E-state index contributed by atoms with van der Waals surface area (Å²) in [6.07, 6.45) is 0.444. The second-order valence-electron chi connectivity index (χ2n) is 2.76. The van der Waals surface area contributed by atoms with E-state index in [-0.39, 0.29) is 5.78 Å². The predicted octanol–water partition coefficient (Wildman–Crippen LogP) is 2.10. The molecule has 0 saturated heterocycles. The summed E-state index contributed by atoms with van der Waals surface area (Å²) in [6.45, 7) is 1.81. The third kappa shape index (κ3) is 2.05. The summed E-state index contributed by atoms with van der Waals surface area (Å²) in [6, 6.07) is 6.17. The van der Waals surface area contributed by atoms with Crippen LogP contribution in [0.4, 0.5) is 0 Å². The molecule has 0 aromatic heterocycles. The predicted molar refractivity (Wildman–Crippen MR) is 53.0 cm³/mol. The summed E-state index contributed by atoms with van der Waals surface area (Å²) in [4.78, 5) is 11.4. The second kappa shape index (κ2) is 4.65. The van der Waals surface area contributed by atoms with Gasteiger partial charge in [-0.1, -0.05) is 6.92 Å². The molecule has 0 bridgehead atoms. The van der Waals surface area contributed by atoms with Crippen molar-refractivity contribution in [3.05, 3.63) is 23.8 Å². The molecule has 0 heterocycles. The topological polar surface area (TPSA) is 35.5 Å². The molecule has 1 rings (SSSR count). The summed E-state index contributed by atoms with van der Waals surface area (Å²) >= 11 is 0. The van der Waals surface area contributed by atoms with Crippen molar-refractivity contribution < 1.29 is 14.3 Å². The SMILES string of the molecule is CCC(=O)c1[c]cc(OC)cc1OC. The fourth-order valence-corrected chi connectivity index (χ4v) is 1.13. The summed E-state index contributed by atoms with van der Waals surface area (Å²) < 4.78 is 10.1. The molecule has 14 heavy (non-hydrogen) atoms. The van der Waals surface area contributed by atoms with Crippen LogP contribution in [0, 0.1) is 6.07 Å². The molecule has 0 fully saturated rings. The number of rotatable bonds is 4. The van der Waals surface area contributed by atoms with Gasteiger partial charge in [0, 0.05) is 18.6 Å². The molecule has 3 heteroatoms. The summed E-state index contributed by atoms with van der Waals surface area (Å²) in [5.74, 6) is 1.16. The van der Waals surface area contributed by atoms with Crippen molar-refractivity contribution in [2.75, 3.05) is 14.2 Å². The Morgan fingerprint density at radius 3 is 2.64 bits per heavy atom. The Labute approximate surface area is 83.6 Å². The van der Waals surface area contributed by atoms with Gasteiger partial charge in [0.25, 0.3) is 0 Å². The van der Waals surface area contributed by atoms with Gasteiger partial charge in [-0.3, -0.25) is 4.79 Å². The van der Waals surface area contributed by atoms with Crippen LogP contribution in [-0.4, -0.2) is 20.0 Å². The second-order valence-corrected chi connectivity index (χ2v) is 2.76. The highest BCUT2D eigenvalue weighted by atomic mass is 16.5. The van der Waals surface area contributed by atoms with Crippen molar-refractivity contribution in [1.82, 2.24) is 0 Å². The average Bonchev–Trinajstić information content (AvgIpc) is 2.27. The monoisotopic (exact) mass is 193 g/mol. The maximum Gasteiger partial charge on any atom is 0.166 e. The van der Waals surface area contributed by atoms with Crippen molar-refractivity contribution in [2.24, 2.45) is 0 Å². The van der Waals surface area contributed by atoms with Gasteiger partial charge in [-0.2, -0.15) is 0 Å². The summed E-state index contributed by atoms with van der Waals surface area (Å²) in [7, 11) is 3.08. The van der Waals surface area contributed by atoms with Crippen LogP contribution in [0.5, 0.6) is 11.5 Å². The Bertz CT molecular complexity index is 331. The van der Waals surface area contributed by atoms with Crippen LogP contribution in [0.2, 0.25) is 0 Å². The Hall–Kier alpha value is -1.51. The van der Waals surface area contributed by atoms with Gasteiger partial charge in [0.05, 0.1) is 19.8 Å². The Kier molecular flexibility index (Phi) is 3.51. The van der Waals surface area contributed by atoms with Gasteiger partial charge < -0.3 is 9.47 Å². The number of benzene rings is 1. The minimum atomic E-state index is 0.0181. The Morgan fingerprint density at radius 2 is 2.14 bits per heavy atom. The molecule has 3 nitrogen and oxygen atoms in total. The lowest BCUT2D eigenvalue weighted by molar-refractivity contribution is 0.0985. The van der Waals surface area contributed by atoms with E-state index in [2.05, 4.69) is 6.07 Å². The first-order valence-corrected chi connectivity index (χ1v) is 4.39. The highest BCUT2D eigenvalue weighted by molar-refractivity contribution is 5.98. The molecular formula is C11H13O3. The maximum absolute atomic E-state index is 11.4. The van der Waals surface area contributed by atoms with Crippen LogP contribution in [0.3, 0.4) is 0 Å². The van der Waals surface area contributed by atoms with E-state index in [1.807, 2.05) is 0 Å². The number of carbonyl (C=O) groups is 1. The Morgan fingerprint density at radius 1 is 1.43 bits per heavy atom. The lowest BCUT2D eigenvalue weighted by Crippen LogP contribution is -2.01. The van der Waals surface area contributed by atoms with E-state index < -0.39 is 0 Å². The normalized spacial score (nSPS) is 9.64. The van der Waals surface area contributed by atoms with Gasteiger partial charge in [0.1, 0.15) is 11.5 Å². The van der Waals surface area contributed by atoms with Crippen LogP contribution >= 0.6 is 0 Å². The van der Waals surface area contributed by atoms with Gasteiger partial charge in [-0.05, 0) is 6.07 Å². The molecule has 75 valence electrons. The first-order chi connectivity index (χ1) is 6.72. The van der Waals surface area contributed by atoms with Crippen molar-refractivity contribution >= 4 is 5.78 Å². The third-order valence-corrected chi connectivity index (χ3v) is 1.93. The fraction of sp³-hybridized carbons (Fsp3) is 0.364. The molecule has 0 atom stereocenters. The standard InChI is InChI=1S/C11H13O3/c1-4-10(12)9-6-5-8(13-2)7-11(9)14-3/h5,7H,4H2,1-3H3. The molecular weight excluding hydrogens is 180 g/mol. The van der Waals surface area contributed by atoms with Crippen LogP contribution in [0.1, 0.15) is 23.7 Å². The minimum absolute atomic E-state index is 0.0181. The highest BCUT2D eigenvalue weighted by Crippen LogP contribution is 2.24. The molecule has 0 unspecified atom stereocenters. The van der Waals surface area contributed by atoms with Gasteiger partial charge >= 0.3 is 0 Å². The maximum atomic E-state index is 11.4. The average molecular weight is 193 g/mol. The summed E-state index contributed by atoms with van der Waals surface area (Å²) in [5, 5.41) is 0. The quantitative estimate of drug-likeness (QED) is 0.687. The van der Waals surface area contributed by atoms with Crippen LogP contribution < -0.4 is 9.47 Å². The molecule has 0 saturated carbocycles. The number of ketones is 1. The van der Waals surface area contributed by atoms with E-state index in [1.54, 1.807) is 26.2 Å². The first kappa shape index (κ1) is 10.6. The molecule has 0 amide bonds. The molecule has 1 aromatic carbocycles. The number of ether oxygens (including phenoxy) is 2. The van der Waals surface area contributed by atoms with E-state index in [0.29, 0.717) is 23.5 Å². The zero-order valence-electron chi connectivity index (χ0n) is 8.59. The largest absolute Gasteiger partial charge is 0.497 e. The van der Waals surface area contributed by atoms with Crippen LogP contribution in [-0.2, 0) is 0 Å². The number of methoxy groups -OCH3 is 2. The molecule has 0 aliphatic heterocycles. The highest BCUT2D eigenvalue weighted by Gasteiger charge is 2.11. The smallest absolute Gasteiger partial charge is 0.166 e. The third-order valence-electron chi connectivity index (χ3n) is 1.93. The summed E-state index contributed by atoms with van der Waals surface area (Å²) in [5.41, 5.74) is 0.482. The van der Waals surface area contributed by atoms with E-state index in [4.69, 9.17) is 9.47 Å². The minimum Gasteiger partial charge on any atom is -0.497 e. The number of Topliss-reactive ketones (excluding diaryl/α,β-unsaturated/α-hetero) is 1. The van der Waals surface area contributed by atoms with Gasteiger partial charge in [-0.25, -0.2) is 0 Å². The zero-order valence-corrected chi connectivity index (χ0v) is 8.59. The molecule has 0 aliphatic carbocycles. The van der Waals surface area contributed by atoms with E-state index in [0.717, 1.165) is 0 Å². The van der Waals surface area contributed by atoms with E-state index >= 15 is 0 Å². The van der Waals surface area contributed by atoms with Gasteiger partial charge in [-0.15, -0.1) is 0 Å². The van der Waals surface area contributed by atoms with E-state index in [1.165, 1.54) is 7.11 Å². The Balaban J connectivity index is 3.11. The van der Waals surface area contributed by atoms with Crippen molar-refractivity contribution in [2.45, 2.75) is 13.3 Å². The number of hydrogen-bond donors (Lipinski definition) is 0. The first-order valence-electron chi connectivity index (χ1n) is 4.39. The molecule has 0 spiro atoms. The zero-order chi connectivity index (χ0) is 10.6. The van der Waals surface area contributed by atoms with Crippen molar-refractivity contribution in [3.8, 4) is 11.5 Å².